The maximum atomic E-state index is 12.6. The van der Waals surface area contributed by atoms with Crippen LogP contribution >= 0.6 is 11.3 Å². The summed E-state index contributed by atoms with van der Waals surface area (Å²) < 4.78 is 0. The molecule has 21 heavy (non-hydrogen) atoms. The summed E-state index contributed by atoms with van der Waals surface area (Å²) in [6, 6.07) is 0.0297. The molecule has 118 valence electrons. The Labute approximate surface area is 132 Å². The van der Waals surface area contributed by atoms with Crippen molar-refractivity contribution in [2.75, 3.05) is 13.1 Å². The molecular weight excluding hydrogens is 282 g/mol. The van der Waals surface area contributed by atoms with Crippen molar-refractivity contribution in [3.8, 4) is 0 Å². The van der Waals surface area contributed by atoms with E-state index in [-0.39, 0.29) is 18.0 Å². The largest absolute Gasteiger partial charge is 0.341 e. The number of nitrogens with one attached hydrogen (secondary N) is 1. The first-order chi connectivity index (χ1) is 9.99. The smallest absolute Gasteiger partial charge is 0.239 e. The summed E-state index contributed by atoms with van der Waals surface area (Å²) in [5, 5.41) is 4.53. The SMILES string of the molecule is Cc1nc(C)c(C(C)NC(C)C(=O)N2CCCCCC2)s1. The zero-order valence-electron chi connectivity index (χ0n) is 13.6. The van der Waals surface area contributed by atoms with Gasteiger partial charge in [0.25, 0.3) is 0 Å². The van der Waals surface area contributed by atoms with Gasteiger partial charge in [-0.25, -0.2) is 4.98 Å². The highest BCUT2D eigenvalue weighted by Crippen LogP contribution is 2.25. The van der Waals surface area contributed by atoms with Gasteiger partial charge in [0, 0.05) is 24.0 Å². The highest BCUT2D eigenvalue weighted by molar-refractivity contribution is 7.11. The maximum absolute atomic E-state index is 12.6. The van der Waals surface area contributed by atoms with Crippen LogP contribution in [0.2, 0.25) is 0 Å². The summed E-state index contributed by atoms with van der Waals surface area (Å²) in [7, 11) is 0. The van der Waals surface area contributed by atoms with Crippen LogP contribution in [0.3, 0.4) is 0 Å². The van der Waals surface area contributed by atoms with Crippen molar-refractivity contribution in [2.45, 2.75) is 65.5 Å². The summed E-state index contributed by atoms with van der Waals surface area (Å²) in [4.78, 5) is 20.3. The van der Waals surface area contributed by atoms with E-state index in [9.17, 15) is 4.79 Å². The van der Waals surface area contributed by atoms with Crippen molar-refractivity contribution in [2.24, 2.45) is 0 Å². The van der Waals surface area contributed by atoms with E-state index >= 15 is 0 Å². The molecule has 2 atom stereocenters. The minimum absolute atomic E-state index is 0.139. The zero-order chi connectivity index (χ0) is 15.4. The van der Waals surface area contributed by atoms with E-state index < -0.39 is 0 Å². The van der Waals surface area contributed by atoms with E-state index in [0.29, 0.717) is 0 Å². The molecule has 1 aromatic heterocycles. The Kier molecular flexibility index (Phi) is 5.76. The number of amides is 1. The van der Waals surface area contributed by atoms with Crippen LogP contribution in [0, 0.1) is 13.8 Å². The van der Waals surface area contributed by atoms with E-state index in [1.807, 2.05) is 25.7 Å². The fourth-order valence-corrected chi connectivity index (χ4v) is 3.97. The van der Waals surface area contributed by atoms with E-state index in [2.05, 4.69) is 17.2 Å². The first kappa shape index (κ1) is 16.4. The topological polar surface area (TPSA) is 45.2 Å². The Bertz CT molecular complexity index is 478. The predicted molar refractivity (Wildman–Crippen MR) is 87.6 cm³/mol. The Morgan fingerprint density at radius 3 is 2.33 bits per heavy atom. The molecule has 0 aliphatic carbocycles. The van der Waals surface area contributed by atoms with Gasteiger partial charge in [-0.2, -0.15) is 0 Å². The number of aryl methyl sites for hydroxylation is 2. The molecule has 5 heteroatoms. The van der Waals surface area contributed by atoms with Crippen molar-refractivity contribution in [1.82, 2.24) is 15.2 Å². The molecule has 1 aliphatic rings. The molecule has 2 heterocycles. The molecule has 1 aromatic rings. The second kappa shape index (κ2) is 7.36. The molecule has 0 bridgehead atoms. The Morgan fingerprint density at radius 1 is 1.19 bits per heavy atom. The lowest BCUT2D eigenvalue weighted by Gasteiger charge is -2.26. The summed E-state index contributed by atoms with van der Waals surface area (Å²) in [6.45, 7) is 9.99. The second-order valence-electron chi connectivity index (χ2n) is 6.03. The minimum atomic E-state index is -0.139. The number of thiazole rings is 1. The molecule has 0 aromatic carbocycles. The molecule has 1 aliphatic heterocycles. The molecular formula is C16H27N3OS. The van der Waals surface area contributed by atoms with Gasteiger partial charge in [0.15, 0.2) is 0 Å². The summed E-state index contributed by atoms with van der Waals surface area (Å²) in [5.74, 6) is 0.239. The summed E-state index contributed by atoms with van der Waals surface area (Å²) >= 11 is 1.72. The fraction of sp³-hybridized carbons (Fsp3) is 0.750. The van der Waals surface area contributed by atoms with E-state index in [4.69, 9.17) is 0 Å². The number of nitrogens with zero attached hydrogens (tertiary/aromatic N) is 2. The highest BCUT2D eigenvalue weighted by atomic mass is 32.1. The standard InChI is InChI=1S/C16H27N3OS/c1-11(15-12(2)18-14(4)21-15)17-13(3)16(20)19-9-7-5-6-8-10-19/h11,13,17H,5-10H2,1-4H3. The number of aromatic nitrogens is 1. The normalized spacial score (nSPS) is 19.1. The van der Waals surface area contributed by atoms with Crippen LogP contribution in [0.4, 0.5) is 0 Å². The lowest BCUT2D eigenvalue weighted by Crippen LogP contribution is -2.45. The Balaban J connectivity index is 1.94. The van der Waals surface area contributed by atoms with Gasteiger partial charge in [-0.1, -0.05) is 12.8 Å². The van der Waals surface area contributed by atoms with Gasteiger partial charge >= 0.3 is 0 Å². The third kappa shape index (κ3) is 4.27. The van der Waals surface area contributed by atoms with Crippen molar-refractivity contribution in [1.29, 1.82) is 0 Å². The average Bonchev–Trinajstić information content (AvgIpc) is 2.67. The molecule has 1 fully saturated rings. The van der Waals surface area contributed by atoms with Gasteiger partial charge in [-0.3, -0.25) is 10.1 Å². The third-order valence-corrected chi connectivity index (χ3v) is 5.38. The molecule has 0 radical (unpaired) electrons. The predicted octanol–water partition coefficient (Wildman–Crippen LogP) is 3.20. The van der Waals surface area contributed by atoms with Gasteiger partial charge in [0.2, 0.25) is 5.91 Å². The van der Waals surface area contributed by atoms with Crippen molar-refractivity contribution >= 4 is 17.2 Å². The lowest BCUT2D eigenvalue weighted by molar-refractivity contribution is -0.133. The van der Waals surface area contributed by atoms with Gasteiger partial charge in [0.05, 0.1) is 16.7 Å². The molecule has 2 rings (SSSR count). The van der Waals surface area contributed by atoms with Crippen LogP contribution in [0.25, 0.3) is 0 Å². The molecule has 0 saturated carbocycles. The average molecular weight is 309 g/mol. The van der Waals surface area contributed by atoms with Gasteiger partial charge in [-0.05, 0) is 40.5 Å². The zero-order valence-corrected chi connectivity index (χ0v) is 14.4. The maximum Gasteiger partial charge on any atom is 0.239 e. The second-order valence-corrected chi connectivity index (χ2v) is 7.27. The Morgan fingerprint density at radius 2 is 1.81 bits per heavy atom. The quantitative estimate of drug-likeness (QED) is 0.929. The molecule has 0 spiro atoms. The minimum Gasteiger partial charge on any atom is -0.341 e. The summed E-state index contributed by atoms with van der Waals surface area (Å²) in [6.07, 6.45) is 4.78. The van der Waals surface area contributed by atoms with Gasteiger partial charge in [0.1, 0.15) is 0 Å². The van der Waals surface area contributed by atoms with Crippen LogP contribution < -0.4 is 5.32 Å². The lowest BCUT2D eigenvalue weighted by atomic mass is 10.2. The van der Waals surface area contributed by atoms with Gasteiger partial charge < -0.3 is 4.90 Å². The number of hydrogen-bond donors (Lipinski definition) is 1. The van der Waals surface area contributed by atoms with Crippen LogP contribution in [-0.2, 0) is 4.79 Å². The first-order valence-electron chi connectivity index (χ1n) is 7.98. The number of likely N-dealkylation sites (tertiary alicyclic amines) is 1. The Hall–Kier alpha value is -0.940. The molecule has 1 amide bonds. The highest BCUT2D eigenvalue weighted by Gasteiger charge is 2.24. The number of carbonyl (C=O) groups is 1. The number of hydrogen-bond acceptors (Lipinski definition) is 4. The molecule has 4 nitrogen and oxygen atoms in total. The van der Waals surface area contributed by atoms with Crippen molar-refractivity contribution < 1.29 is 4.79 Å². The van der Waals surface area contributed by atoms with Crippen LogP contribution in [-0.4, -0.2) is 34.9 Å². The summed E-state index contributed by atoms with van der Waals surface area (Å²) in [5.41, 5.74) is 1.08. The van der Waals surface area contributed by atoms with Crippen LogP contribution in [0.5, 0.6) is 0 Å². The van der Waals surface area contributed by atoms with E-state index in [1.165, 1.54) is 17.7 Å². The fourth-order valence-electron chi connectivity index (χ4n) is 3.04. The monoisotopic (exact) mass is 309 g/mol. The molecule has 2 unspecified atom stereocenters. The molecule has 1 N–H and O–H groups in total. The van der Waals surface area contributed by atoms with E-state index in [0.717, 1.165) is 36.6 Å². The van der Waals surface area contributed by atoms with Crippen LogP contribution in [0.15, 0.2) is 0 Å². The van der Waals surface area contributed by atoms with Crippen molar-refractivity contribution in [3.63, 3.8) is 0 Å². The molecule has 1 saturated heterocycles. The van der Waals surface area contributed by atoms with Gasteiger partial charge in [-0.15, -0.1) is 11.3 Å². The number of carbonyl (C=O) groups excluding carboxylic acids is 1. The number of rotatable bonds is 4. The third-order valence-electron chi connectivity index (χ3n) is 4.12. The van der Waals surface area contributed by atoms with E-state index in [1.54, 1.807) is 11.3 Å². The van der Waals surface area contributed by atoms with Crippen molar-refractivity contribution in [3.05, 3.63) is 15.6 Å². The van der Waals surface area contributed by atoms with Crippen LogP contribution in [0.1, 0.15) is 61.2 Å². The first-order valence-corrected chi connectivity index (χ1v) is 8.79.